The van der Waals surface area contributed by atoms with Gasteiger partial charge in [-0.25, -0.2) is 0 Å². The molecular formula is C11H20ClN5O2. The SMILES string of the molecule is CNc1nc(Cl)nc(NCCCCOCCOC)n1. The third-order valence-corrected chi connectivity index (χ3v) is 2.43. The van der Waals surface area contributed by atoms with Gasteiger partial charge in [0.1, 0.15) is 0 Å². The summed E-state index contributed by atoms with van der Waals surface area (Å²) in [6.45, 7) is 2.76. The number of hydrogen-bond donors (Lipinski definition) is 2. The zero-order valence-corrected chi connectivity index (χ0v) is 12.0. The second-order valence-electron chi connectivity index (χ2n) is 3.74. The molecule has 0 radical (unpaired) electrons. The van der Waals surface area contributed by atoms with Crippen molar-refractivity contribution >= 4 is 23.5 Å². The van der Waals surface area contributed by atoms with Gasteiger partial charge in [-0.2, -0.15) is 15.0 Å². The third kappa shape index (κ3) is 7.09. The minimum atomic E-state index is 0.171. The predicted octanol–water partition coefficient (Wildman–Crippen LogP) is 1.42. The Morgan fingerprint density at radius 1 is 1.05 bits per heavy atom. The maximum Gasteiger partial charge on any atom is 0.228 e. The molecule has 0 unspecified atom stereocenters. The van der Waals surface area contributed by atoms with Crippen LogP contribution in [0.15, 0.2) is 0 Å². The molecule has 108 valence electrons. The lowest BCUT2D eigenvalue weighted by Crippen LogP contribution is -2.09. The van der Waals surface area contributed by atoms with Crippen molar-refractivity contribution < 1.29 is 9.47 Å². The van der Waals surface area contributed by atoms with Crippen molar-refractivity contribution in [3.8, 4) is 0 Å². The second-order valence-corrected chi connectivity index (χ2v) is 4.08. The van der Waals surface area contributed by atoms with E-state index in [9.17, 15) is 0 Å². The summed E-state index contributed by atoms with van der Waals surface area (Å²) in [5, 5.41) is 6.09. The number of ether oxygens (including phenoxy) is 2. The van der Waals surface area contributed by atoms with E-state index >= 15 is 0 Å². The topological polar surface area (TPSA) is 81.2 Å². The molecule has 0 amide bonds. The van der Waals surface area contributed by atoms with Crippen molar-refractivity contribution in [3.63, 3.8) is 0 Å². The Morgan fingerprint density at radius 3 is 2.58 bits per heavy atom. The van der Waals surface area contributed by atoms with Gasteiger partial charge in [0.2, 0.25) is 17.2 Å². The summed E-state index contributed by atoms with van der Waals surface area (Å²) in [6, 6.07) is 0. The van der Waals surface area contributed by atoms with Crippen molar-refractivity contribution in [2.45, 2.75) is 12.8 Å². The average molecular weight is 290 g/mol. The van der Waals surface area contributed by atoms with E-state index in [4.69, 9.17) is 21.1 Å². The fourth-order valence-corrected chi connectivity index (χ4v) is 1.47. The monoisotopic (exact) mass is 289 g/mol. The molecule has 1 heterocycles. The Morgan fingerprint density at radius 2 is 1.84 bits per heavy atom. The van der Waals surface area contributed by atoms with Crippen LogP contribution in [-0.2, 0) is 9.47 Å². The standard InChI is InChI=1S/C11H20ClN5O2/c1-13-10-15-9(12)16-11(17-10)14-5-3-4-6-19-8-7-18-2/h3-8H2,1-2H3,(H2,13,14,15,16,17). The van der Waals surface area contributed by atoms with Crippen LogP contribution in [0.3, 0.4) is 0 Å². The van der Waals surface area contributed by atoms with Gasteiger partial charge >= 0.3 is 0 Å². The number of halogens is 1. The number of aromatic nitrogens is 3. The number of rotatable bonds is 10. The van der Waals surface area contributed by atoms with E-state index in [1.807, 2.05) is 0 Å². The van der Waals surface area contributed by atoms with Crippen molar-refractivity contribution in [1.82, 2.24) is 15.0 Å². The summed E-state index contributed by atoms with van der Waals surface area (Å²) in [4.78, 5) is 12.0. The Kier molecular flexibility index (Phi) is 8.11. The van der Waals surface area contributed by atoms with Crippen LogP contribution in [-0.4, -0.2) is 55.5 Å². The molecule has 0 fully saturated rings. The largest absolute Gasteiger partial charge is 0.382 e. The highest BCUT2D eigenvalue weighted by Crippen LogP contribution is 2.08. The molecule has 0 saturated carbocycles. The van der Waals surface area contributed by atoms with Gasteiger partial charge in [0.05, 0.1) is 13.2 Å². The Bertz CT molecular complexity index is 367. The normalized spacial score (nSPS) is 10.5. The lowest BCUT2D eigenvalue weighted by molar-refractivity contribution is 0.0691. The summed E-state index contributed by atoms with van der Waals surface area (Å²) < 4.78 is 10.2. The van der Waals surface area contributed by atoms with Crippen LogP contribution < -0.4 is 10.6 Å². The van der Waals surface area contributed by atoms with Crippen LogP contribution in [0, 0.1) is 0 Å². The van der Waals surface area contributed by atoms with Gasteiger partial charge in [0, 0.05) is 27.3 Å². The molecule has 0 spiro atoms. The van der Waals surface area contributed by atoms with Crippen molar-refractivity contribution in [3.05, 3.63) is 5.28 Å². The zero-order chi connectivity index (χ0) is 13.9. The summed E-state index contributed by atoms with van der Waals surface area (Å²) in [6.07, 6.45) is 1.93. The smallest absolute Gasteiger partial charge is 0.228 e. The Balaban J connectivity index is 2.13. The van der Waals surface area contributed by atoms with Gasteiger partial charge in [0.15, 0.2) is 0 Å². The molecule has 1 rings (SSSR count). The molecular weight excluding hydrogens is 270 g/mol. The number of hydrogen-bond acceptors (Lipinski definition) is 7. The summed E-state index contributed by atoms with van der Waals surface area (Å²) in [5.41, 5.74) is 0. The fourth-order valence-electron chi connectivity index (χ4n) is 1.31. The predicted molar refractivity (Wildman–Crippen MR) is 74.8 cm³/mol. The van der Waals surface area contributed by atoms with Crippen molar-refractivity contribution in [2.75, 3.05) is 51.2 Å². The molecule has 1 aromatic heterocycles. The van der Waals surface area contributed by atoms with E-state index < -0.39 is 0 Å². The maximum atomic E-state index is 5.77. The molecule has 0 aliphatic carbocycles. The second kappa shape index (κ2) is 9.71. The molecule has 19 heavy (non-hydrogen) atoms. The molecule has 0 bridgehead atoms. The molecule has 8 heteroatoms. The lowest BCUT2D eigenvalue weighted by atomic mass is 10.3. The number of anilines is 2. The first kappa shape index (κ1) is 15.9. The van der Waals surface area contributed by atoms with E-state index in [0.29, 0.717) is 25.1 Å². The molecule has 0 aromatic carbocycles. The van der Waals surface area contributed by atoms with Gasteiger partial charge < -0.3 is 20.1 Å². The highest BCUT2D eigenvalue weighted by Gasteiger charge is 2.02. The van der Waals surface area contributed by atoms with Crippen LogP contribution in [0.25, 0.3) is 0 Å². The fraction of sp³-hybridized carbons (Fsp3) is 0.727. The molecule has 1 aromatic rings. The molecule has 7 nitrogen and oxygen atoms in total. The summed E-state index contributed by atoms with van der Waals surface area (Å²) in [5.74, 6) is 0.926. The highest BCUT2D eigenvalue weighted by molar-refractivity contribution is 6.28. The van der Waals surface area contributed by atoms with Crippen molar-refractivity contribution in [1.29, 1.82) is 0 Å². The zero-order valence-electron chi connectivity index (χ0n) is 11.3. The molecule has 0 saturated heterocycles. The molecule has 0 atom stereocenters. The van der Waals surface area contributed by atoms with Crippen molar-refractivity contribution in [2.24, 2.45) is 0 Å². The van der Waals surface area contributed by atoms with Crippen LogP contribution in [0.1, 0.15) is 12.8 Å². The first-order valence-electron chi connectivity index (χ1n) is 6.16. The van der Waals surface area contributed by atoms with Gasteiger partial charge in [-0.05, 0) is 24.4 Å². The van der Waals surface area contributed by atoms with Crippen LogP contribution >= 0.6 is 11.6 Å². The Hall–Kier alpha value is -1.18. The van der Waals surface area contributed by atoms with E-state index in [1.165, 1.54) is 0 Å². The lowest BCUT2D eigenvalue weighted by Gasteiger charge is -2.07. The third-order valence-electron chi connectivity index (χ3n) is 2.26. The summed E-state index contributed by atoms with van der Waals surface area (Å²) >= 11 is 5.77. The molecule has 0 aliphatic rings. The number of nitrogens with zero attached hydrogens (tertiary/aromatic N) is 3. The Labute approximate surface area is 118 Å². The van der Waals surface area contributed by atoms with Crippen LogP contribution in [0.2, 0.25) is 5.28 Å². The molecule has 0 aliphatic heterocycles. The van der Waals surface area contributed by atoms with Crippen LogP contribution in [0.5, 0.6) is 0 Å². The summed E-state index contributed by atoms with van der Waals surface area (Å²) in [7, 11) is 3.39. The minimum Gasteiger partial charge on any atom is -0.382 e. The maximum absolute atomic E-state index is 5.77. The minimum absolute atomic E-state index is 0.171. The van der Waals surface area contributed by atoms with E-state index in [1.54, 1.807) is 14.2 Å². The van der Waals surface area contributed by atoms with E-state index in [-0.39, 0.29) is 5.28 Å². The number of nitrogens with one attached hydrogen (secondary N) is 2. The molecule has 2 N–H and O–H groups in total. The van der Waals surface area contributed by atoms with Gasteiger partial charge in [-0.15, -0.1) is 0 Å². The first-order valence-corrected chi connectivity index (χ1v) is 6.54. The van der Waals surface area contributed by atoms with E-state index in [0.717, 1.165) is 26.0 Å². The quantitative estimate of drug-likeness (QED) is 0.630. The van der Waals surface area contributed by atoms with Crippen LogP contribution in [0.4, 0.5) is 11.9 Å². The number of unbranched alkanes of at least 4 members (excludes halogenated alkanes) is 1. The number of methoxy groups -OCH3 is 1. The highest BCUT2D eigenvalue weighted by atomic mass is 35.5. The van der Waals surface area contributed by atoms with Gasteiger partial charge in [0.25, 0.3) is 0 Å². The first-order chi connectivity index (χ1) is 9.26. The average Bonchev–Trinajstić information content (AvgIpc) is 2.41. The van der Waals surface area contributed by atoms with Gasteiger partial charge in [-0.3, -0.25) is 0 Å². The van der Waals surface area contributed by atoms with E-state index in [2.05, 4.69) is 25.6 Å². The van der Waals surface area contributed by atoms with Gasteiger partial charge in [-0.1, -0.05) is 0 Å².